The number of aryl methyl sites for hydroxylation is 1. The molecular weight excluding hydrogens is 296 g/mol. The smallest absolute Gasteiger partial charge is 0.343 e. The second-order valence-electron chi connectivity index (χ2n) is 4.07. The molecule has 8 nitrogen and oxygen atoms in total. The molecule has 0 aliphatic rings. The largest absolute Gasteiger partial charge is 0.462 e. The number of pyridine rings is 1. The minimum atomic E-state index is -4.04. The minimum absolute atomic E-state index is 0.111. The van der Waals surface area contributed by atoms with E-state index in [9.17, 15) is 13.2 Å². The van der Waals surface area contributed by atoms with E-state index in [1.807, 2.05) is 0 Å². The molecule has 0 spiro atoms. The Labute approximate surface area is 121 Å². The second-order valence-corrected chi connectivity index (χ2v) is 5.67. The fourth-order valence-electron chi connectivity index (χ4n) is 1.65. The van der Waals surface area contributed by atoms with Crippen molar-refractivity contribution < 1.29 is 17.9 Å². The first kappa shape index (κ1) is 15.0. The number of sulfonamides is 1. The predicted octanol–water partition coefficient (Wildman–Crippen LogP) is 1.09. The fourth-order valence-corrected chi connectivity index (χ4v) is 2.82. The molecule has 2 N–H and O–H groups in total. The lowest BCUT2D eigenvalue weighted by atomic mass is 10.3. The van der Waals surface area contributed by atoms with E-state index in [1.54, 1.807) is 26.0 Å². The Balaban J connectivity index is 2.39. The molecule has 0 bridgehead atoms. The number of nitrogens with zero attached hydrogens (tertiary/aromatic N) is 2. The molecule has 0 atom stereocenters. The monoisotopic (exact) mass is 310 g/mol. The lowest BCUT2D eigenvalue weighted by Gasteiger charge is -2.07. The Morgan fingerprint density at radius 2 is 2.19 bits per heavy atom. The van der Waals surface area contributed by atoms with Crippen molar-refractivity contribution in [3.63, 3.8) is 0 Å². The van der Waals surface area contributed by atoms with Crippen molar-refractivity contribution in [3.05, 3.63) is 35.7 Å². The molecule has 0 aliphatic carbocycles. The summed E-state index contributed by atoms with van der Waals surface area (Å²) in [5.74, 6) is -0.613. The number of carbonyl (C=O) groups excluding carboxylic acids is 1. The van der Waals surface area contributed by atoms with Crippen LogP contribution in [0.1, 0.15) is 23.0 Å². The van der Waals surface area contributed by atoms with E-state index in [0.29, 0.717) is 5.69 Å². The molecular formula is C12H14N4O4S. The van der Waals surface area contributed by atoms with Crippen LogP contribution in [-0.2, 0) is 14.8 Å². The summed E-state index contributed by atoms with van der Waals surface area (Å²) in [7, 11) is -4.04. The molecule has 0 aromatic carbocycles. The Morgan fingerprint density at radius 1 is 1.43 bits per heavy atom. The summed E-state index contributed by atoms with van der Waals surface area (Å²) in [5, 5.41) is 5.75. The second kappa shape index (κ2) is 5.92. The van der Waals surface area contributed by atoms with Gasteiger partial charge in [0.25, 0.3) is 10.0 Å². The molecule has 21 heavy (non-hydrogen) atoms. The van der Waals surface area contributed by atoms with E-state index in [2.05, 4.69) is 19.9 Å². The first-order valence-electron chi connectivity index (χ1n) is 6.11. The van der Waals surface area contributed by atoms with Crippen LogP contribution in [0, 0.1) is 6.92 Å². The quantitative estimate of drug-likeness (QED) is 0.799. The maximum Gasteiger partial charge on any atom is 0.343 e. The summed E-state index contributed by atoms with van der Waals surface area (Å²) in [4.78, 5) is 15.7. The van der Waals surface area contributed by atoms with Crippen LogP contribution in [0.25, 0.3) is 0 Å². The molecule has 0 saturated heterocycles. The molecule has 0 aliphatic heterocycles. The summed E-state index contributed by atoms with van der Waals surface area (Å²) >= 11 is 0. The third kappa shape index (κ3) is 3.19. The van der Waals surface area contributed by atoms with Gasteiger partial charge >= 0.3 is 5.97 Å². The van der Waals surface area contributed by atoms with E-state index in [0.717, 1.165) is 0 Å². The highest BCUT2D eigenvalue weighted by atomic mass is 32.2. The summed E-state index contributed by atoms with van der Waals surface area (Å²) < 4.78 is 31.7. The summed E-state index contributed by atoms with van der Waals surface area (Å²) in [6.45, 7) is 3.31. The molecule has 2 aromatic heterocycles. The average Bonchev–Trinajstić information content (AvgIpc) is 2.82. The number of carbonyl (C=O) groups is 1. The molecule has 9 heteroatoms. The SMILES string of the molecule is CCOC(=O)c1c(S(=O)(=O)Nc2ccccn2)n[nH]c1C. The van der Waals surface area contributed by atoms with Gasteiger partial charge in [-0.3, -0.25) is 9.82 Å². The van der Waals surface area contributed by atoms with Crippen molar-refractivity contribution in [2.75, 3.05) is 11.3 Å². The van der Waals surface area contributed by atoms with E-state index in [-0.39, 0.29) is 18.0 Å². The van der Waals surface area contributed by atoms with Crippen molar-refractivity contribution in [1.82, 2.24) is 15.2 Å². The highest BCUT2D eigenvalue weighted by molar-refractivity contribution is 7.92. The average molecular weight is 310 g/mol. The Morgan fingerprint density at radius 3 is 2.81 bits per heavy atom. The lowest BCUT2D eigenvalue weighted by Crippen LogP contribution is -2.18. The van der Waals surface area contributed by atoms with Gasteiger partial charge in [-0.25, -0.2) is 9.78 Å². The third-order valence-corrected chi connectivity index (χ3v) is 3.83. The summed E-state index contributed by atoms with van der Waals surface area (Å²) in [5.41, 5.74) is 0.204. The number of esters is 1. The van der Waals surface area contributed by atoms with Gasteiger partial charge in [-0.1, -0.05) is 6.07 Å². The van der Waals surface area contributed by atoms with Crippen molar-refractivity contribution in [2.45, 2.75) is 18.9 Å². The van der Waals surface area contributed by atoms with Crippen LogP contribution in [0.5, 0.6) is 0 Å². The first-order chi connectivity index (χ1) is 9.95. The van der Waals surface area contributed by atoms with Gasteiger partial charge in [-0.05, 0) is 26.0 Å². The fraction of sp³-hybridized carbons (Fsp3) is 0.250. The summed E-state index contributed by atoms with van der Waals surface area (Å²) in [6.07, 6.45) is 1.44. The highest BCUT2D eigenvalue weighted by Gasteiger charge is 2.29. The van der Waals surface area contributed by atoms with Crippen LogP contribution in [-0.4, -0.2) is 36.2 Å². The van der Waals surface area contributed by atoms with Crippen molar-refractivity contribution in [2.24, 2.45) is 0 Å². The van der Waals surface area contributed by atoms with Gasteiger partial charge in [0.15, 0.2) is 0 Å². The van der Waals surface area contributed by atoms with E-state index in [1.165, 1.54) is 12.3 Å². The molecule has 0 unspecified atom stereocenters. The van der Waals surface area contributed by atoms with Gasteiger partial charge in [0, 0.05) is 11.9 Å². The van der Waals surface area contributed by atoms with Gasteiger partial charge in [-0.15, -0.1) is 0 Å². The van der Waals surface area contributed by atoms with Gasteiger partial charge in [-0.2, -0.15) is 13.5 Å². The van der Waals surface area contributed by atoms with Crippen LogP contribution in [0.3, 0.4) is 0 Å². The molecule has 0 fully saturated rings. The molecule has 0 radical (unpaired) electrons. The minimum Gasteiger partial charge on any atom is -0.462 e. The summed E-state index contributed by atoms with van der Waals surface area (Å²) in [6, 6.07) is 4.77. The molecule has 0 saturated carbocycles. The van der Waals surface area contributed by atoms with E-state index < -0.39 is 21.0 Å². The van der Waals surface area contributed by atoms with Crippen LogP contribution >= 0.6 is 0 Å². The zero-order valence-corrected chi connectivity index (χ0v) is 12.3. The zero-order chi connectivity index (χ0) is 15.5. The van der Waals surface area contributed by atoms with Crippen molar-refractivity contribution in [1.29, 1.82) is 0 Å². The van der Waals surface area contributed by atoms with Crippen LogP contribution in [0.4, 0.5) is 5.82 Å². The highest BCUT2D eigenvalue weighted by Crippen LogP contribution is 2.19. The number of rotatable bonds is 5. The predicted molar refractivity (Wildman–Crippen MR) is 74.3 cm³/mol. The van der Waals surface area contributed by atoms with Crippen molar-refractivity contribution in [3.8, 4) is 0 Å². The van der Waals surface area contributed by atoms with Crippen molar-refractivity contribution >= 4 is 21.8 Å². The lowest BCUT2D eigenvalue weighted by molar-refractivity contribution is 0.0521. The van der Waals surface area contributed by atoms with Gasteiger partial charge in [0.1, 0.15) is 11.4 Å². The molecule has 0 amide bonds. The van der Waals surface area contributed by atoms with Crippen LogP contribution < -0.4 is 4.72 Å². The van der Waals surface area contributed by atoms with Gasteiger partial charge in [0.05, 0.1) is 6.61 Å². The maximum atomic E-state index is 12.3. The third-order valence-electron chi connectivity index (χ3n) is 2.55. The maximum absolute atomic E-state index is 12.3. The molecule has 2 heterocycles. The van der Waals surface area contributed by atoms with Crippen LogP contribution in [0.2, 0.25) is 0 Å². The number of aromatic nitrogens is 3. The zero-order valence-electron chi connectivity index (χ0n) is 11.5. The Kier molecular flexibility index (Phi) is 4.22. The number of hydrogen-bond donors (Lipinski definition) is 2. The number of nitrogens with one attached hydrogen (secondary N) is 2. The van der Waals surface area contributed by atoms with E-state index in [4.69, 9.17) is 4.74 Å². The molecule has 2 rings (SSSR count). The molecule has 2 aromatic rings. The van der Waals surface area contributed by atoms with Crippen LogP contribution in [0.15, 0.2) is 29.4 Å². The molecule has 112 valence electrons. The van der Waals surface area contributed by atoms with E-state index >= 15 is 0 Å². The normalized spacial score (nSPS) is 11.1. The Bertz CT molecular complexity index is 740. The standard InChI is InChI=1S/C12H14N4O4S/c1-3-20-12(17)10-8(2)14-15-11(10)21(18,19)16-9-6-4-5-7-13-9/h4-7H,3H2,1-2H3,(H,13,16)(H,14,15). The number of ether oxygens (including phenoxy) is 1. The topological polar surface area (TPSA) is 114 Å². The first-order valence-corrected chi connectivity index (χ1v) is 7.60. The van der Waals surface area contributed by atoms with Gasteiger partial charge < -0.3 is 4.74 Å². The number of aromatic amines is 1. The Hall–Kier alpha value is -2.42. The van der Waals surface area contributed by atoms with Gasteiger partial charge in [0.2, 0.25) is 5.03 Å². The number of H-pyrrole nitrogens is 1. The number of hydrogen-bond acceptors (Lipinski definition) is 6. The number of anilines is 1.